The lowest BCUT2D eigenvalue weighted by atomic mass is 9.84. The second-order valence-corrected chi connectivity index (χ2v) is 9.25. The van der Waals surface area contributed by atoms with Crippen LogP contribution in [0.1, 0.15) is 40.3 Å². The lowest BCUT2D eigenvalue weighted by Crippen LogP contribution is -2.42. The second-order valence-electron chi connectivity index (χ2n) is 9.25. The number of aliphatic hydroxyl groups is 1. The average molecular weight is 489 g/mol. The first-order chi connectivity index (χ1) is 17.5. The summed E-state index contributed by atoms with van der Waals surface area (Å²) in [6.07, 6.45) is 7.46. The van der Waals surface area contributed by atoms with E-state index in [4.69, 9.17) is 8.83 Å². The number of halogens is 1. The van der Waals surface area contributed by atoms with E-state index in [-0.39, 0.29) is 17.5 Å². The summed E-state index contributed by atoms with van der Waals surface area (Å²) in [6.45, 7) is 2.73. The van der Waals surface area contributed by atoms with E-state index in [1.165, 1.54) is 12.1 Å². The monoisotopic (exact) mass is 488 g/mol. The Morgan fingerprint density at radius 2 is 1.97 bits per heavy atom. The van der Waals surface area contributed by atoms with Crippen LogP contribution in [0.4, 0.5) is 4.39 Å². The van der Waals surface area contributed by atoms with Gasteiger partial charge in [0, 0.05) is 31.6 Å². The van der Waals surface area contributed by atoms with E-state index in [0.717, 1.165) is 41.9 Å². The quantitative estimate of drug-likeness (QED) is 0.359. The Kier molecular flexibility index (Phi) is 7.02. The van der Waals surface area contributed by atoms with E-state index >= 15 is 0 Å². The number of rotatable bonds is 8. The summed E-state index contributed by atoms with van der Waals surface area (Å²) in [5.41, 5.74) is 1.33. The molecule has 1 amide bonds. The Balaban J connectivity index is 1.18. The van der Waals surface area contributed by atoms with Crippen LogP contribution < -0.4 is 5.32 Å². The zero-order chi connectivity index (χ0) is 25.0. The summed E-state index contributed by atoms with van der Waals surface area (Å²) in [6, 6.07) is 17.4. The van der Waals surface area contributed by atoms with E-state index in [9.17, 15) is 14.3 Å². The third-order valence-corrected chi connectivity index (χ3v) is 6.74. The van der Waals surface area contributed by atoms with Gasteiger partial charge in [-0.1, -0.05) is 24.3 Å². The van der Waals surface area contributed by atoms with Crippen LogP contribution in [-0.4, -0.2) is 42.1 Å². The van der Waals surface area contributed by atoms with Gasteiger partial charge < -0.3 is 19.3 Å². The van der Waals surface area contributed by atoms with E-state index in [1.807, 2.05) is 42.5 Å². The third-order valence-electron chi connectivity index (χ3n) is 6.74. The van der Waals surface area contributed by atoms with E-state index in [2.05, 4.69) is 16.3 Å². The molecule has 1 fully saturated rings. The van der Waals surface area contributed by atoms with Gasteiger partial charge in [0.2, 0.25) is 0 Å². The van der Waals surface area contributed by atoms with Crippen LogP contribution >= 0.6 is 0 Å². The van der Waals surface area contributed by atoms with Gasteiger partial charge >= 0.3 is 0 Å². The Morgan fingerprint density at radius 1 is 1.11 bits per heavy atom. The molecule has 36 heavy (non-hydrogen) atoms. The summed E-state index contributed by atoms with van der Waals surface area (Å²) in [7, 11) is 0. The molecular weight excluding hydrogens is 459 g/mol. The maximum Gasteiger partial charge on any atom is 0.287 e. The molecule has 3 heterocycles. The lowest BCUT2D eigenvalue weighted by molar-refractivity contribution is -0.0232. The first kappa shape index (κ1) is 24.0. The SMILES string of the molecule is O=C(NCCc1cccc(F)c1)c1cc2cc(C3(O)CCN(C/C=C/c4ccco4)CC3)ccc2o1. The lowest BCUT2D eigenvalue weighted by Gasteiger charge is -2.38. The van der Waals surface area contributed by atoms with Gasteiger partial charge in [0.15, 0.2) is 5.76 Å². The average Bonchev–Trinajstić information content (AvgIpc) is 3.55. The molecule has 186 valence electrons. The zero-order valence-corrected chi connectivity index (χ0v) is 20.0. The summed E-state index contributed by atoms with van der Waals surface area (Å²) >= 11 is 0. The van der Waals surface area contributed by atoms with Crippen molar-refractivity contribution in [3.63, 3.8) is 0 Å². The Morgan fingerprint density at radius 3 is 2.75 bits per heavy atom. The number of hydrogen-bond acceptors (Lipinski definition) is 5. The molecule has 0 radical (unpaired) electrons. The van der Waals surface area contributed by atoms with Crippen molar-refractivity contribution in [1.29, 1.82) is 0 Å². The number of furan rings is 2. The maximum absolute atomic E-state index is 13.3. The van der Waals surface area contributed by atoms with E-state index in [1.54, 1.807) is 18.4 Å². The molecule has 1 saturated heterocycles. The highest BCUT2D eigenvalue weighted by atomic mass is 19.1. The molecule has 1 aliphatic rings. The first-order valence-electron chi connectivity index (χ1n) is 12.2. The number of carbonyl (C=O) groups is 1. The summed E-state index contributed by atoms with van der Waals surface area (Å²) in [5, 5.41) is 15.0. The number of benzene rings is 2. The highest BCUT2D eigenvalue weighted by molar-refractivity contribution is 5.96. The largest absolute Gasteiger partial charge is 0.465 e. The van der Waals surface area contributed by atoms with Gasteiger partial charge in [-0.25, -0.2) is 4.39 Å². The number of hydrogen-bond donors (Lipinski definition) is 2. The predicted molar refractivity (Wildman–Crippen MR) is 136 cm³/mol. The van der Waals surface area contributed by atoms with Crippen molar-refractivity contribution >= 4 is 23.0 Å². The predicted octanol–water partition coefficient (Wildman–Crippen LogP) is 5.13. The fourth-order valence-electron chi connectivity index (χ4n) is 4.64. The second kappa shape index (κ2) is 10.5. The molecule has 0 spiro atoms. The fourth-order valence-corrected chi connectivity index (χ4v) is 4.64. The van der Waals surface area contributed by atoms with Gasteiger partial charge in [0.05, 0.1) is 11.9 Å². The Labute approximate surface area is 209 Å². The highest BCUT2D eigenvalue weighted by Gasteiger charge is 2.34. The van der Waals surface area contributed by atoms with Crippen molar-refractivity contribution < 1.29 is 23.1 Å². The van der Waals surface area contributed by atoms with Crippen molar-refractivity contribution in [2.45, 2.75) is 24.9 Å². The maximum atomic E-state index is 13.3. The van der Waals surface area contributed by atoms with E-state index in [0.29, 0.717) is 31.4 Å². The zero-order valence-electron chi connectivity index (χ0n) is 20.0. The number of piperidine rings is 1. The topological polar surface area (TPSA) is 78.9 Å². The number of amides is 1. The first-order valence-corrected chi connectivity index (χ1v) is 12.2. The van der Waals surface area contributed by atoms with Crippen molar-refractivity contribution in [2.24, 2.45) is 0 Å². The van der Waals surface area contributed by atoms with Gasteiger partial charge in [-0.05, 0) is 78.9 Å². The molecular formula is C29H29FN2O4. The van der Waals surface area contributed by atoms with Crippen LogP contribution in [0.2, 0.25) is 0 Å². The smallest absolute Gasteiger partial charge is 0.287 e. The van der Waals surface area contributed by atoms with Crippen LogP contribution in [0.3, 0.4) is 0 Å². The Hall–Kier alpha value is -3.68. The molecule has 2 aromatic carbocycles. The van der Waals surface area contributed by atoms with Crippen LogP contribution in [0, 0.1) is 5.82 Å². The molecule has 7 heteroatoms. The third kappa shape index (κ3) is 5.58. The molecule has 0 aliphatic carbocycles. The van der Waals surface area contributed by atoms with Crippen LogP contribution in [0.25, 0.3) is 17.0 Å². The Bertz CT molecular complexity index is 1350. The van der Waals surface area contributed by atoms with Gasteiger partial charge in [0.1, 0.15) is 17.2 Å². The minimum Gasteiger partial charge on any atom is -0.465 e. The summed E-state index contributed by atoms with van der Waals surface area (Å²) in [4.78, 5) is 14.9. The molecule has 4 aromatic rings. The minimum atomic E-state index is -0.917. The van der Waals surface area contributed by atoms with Gasteiger partial charge in [-0.15, -0.1) is 0 Å². The standard InChI is InChI=1S/C29H29FN2O4/c30-24-5-1-4-21(18-24)10-13-31-28(33)27-20-22-19-23(8-9-26(22)36-27)29(34)11-15-32(16-12-29)14-2-6-25-7-3-17-35-25/h1-9,17-20,34H,10-16H2,(H,31,33)/b6-2+. The number of fused-ring (bicyclic) bond motifs is 1. The number of nitrogens with zero attached hydrogens (tertiary/aromatic N) is 1. The van der Waals surface area contributed by atoms with Crippen molar-refractivity contribution in [3.8, 4) is 0 Å². The van der Waals surface area contributed by atoms with Crippen molar-refractivity contribution in [2.75, 3.05) is 26.2 Å². The van der Waals surface area contributed by atoms with Gasteiger partial charge in [0.25, 0.3) is 5.91 Å². The highest BCUT2D eigenvalue weighted by Crippen LogP contribution is 2.35. The van der Waals surface area contributed by atoms with Crippen molar-refractivity contribution in [3.05, 3.63) is 101 Å². The molecule has 0 saturated carbocycles. The van der Waals surface area contributed by atoms with Crippen molar-refractivity contribution in [1.82, 2.24) is 10.2 Å². The number of carbonyl (C=O) groups excluding carboxylic acids is 1. The normalized spacial score (nSPS) is 16.1. The van der Waals surface area contributed by atoms with Gasteiger partial charge in [-0.2, -0.15) is 0 Å². The molecule has 2 N–H and O–H groups in total. The van der Waals surface area contributed by atoms with Gasteiger partial charge in [-0.3, -0.25) is 9.69 Å². The molecule has 6 nitrogen and oxygen atoms in total. The van der Waals surface area contributed by atoms with E-state index < -0.39 is 5.60 Å². The molecule has 2 aromatic heterocycles. The van der Waals surface area contributed by atoms with Crippen LogP contribution in [0.5, 0.6) is 0 Å². The summed E-state index contributed by atoms with van der Waals surface area (Å²) < 4.78 is 24.4. The summed E-state index contributed by atoms with van der Waals surface area (Å²) in [5.74, 6) is 0.433. The molecule has 1 aliphatic heterocycles. The molecule has 0 unspecified atom stereocenters. The molecule has 0 atom stereocenters. The number of likely N-dealkylation sites (tertiary alicyclic amines) is 1. The molecule has 5 rings (SSSR count). The minimum absolute atomic E-state index is 0.214. The fraction of sp³-hybridized carbons (Fsp3) is 0.276. The molecule has 0 bridgehead atoms. The number of nitrogens with one attached hydrogen (secondary N) is 1. The van der Waals surface area contributed by atoms with Crippen LogP contribution in [-0.2, 0) is 12.0 Å². The van der Waals surface area contributed by atoms with Crippen LogP contribution in [0.15, 0.2) is 81.8 Å².